The summed E-state index contributed by atoms with van der Waals surface area (Å²) in [6, 6.07) is 18.9. The Bertz CT molecular complexity index is 897. The first-order valence-corrected chi connectivity index (χ1v) is 10.7. The minimum Gasteiger partial charge on any atom is -0.370 e. The van der Waals surface area contributed by atoms with Crippen molar-refractivity contribution in [2.24, 2.45) is 0 Å². The Morgan fingerprint density at radius 3 is 2.59 bits per heavy atom. The van der Waals surface area contributed by atoms with Crippen LogP contribution in [0, 0.1) is 0 Å². The monoisotopic (exact) mass is 379 g/mol. The van der Waals surface area contributed by atoms with Crippen LogP contribution in [0.5, 0.6) is 0 Å². The van der Waals surface area contributed by atoms with Gasteiger partial charge in [-0.2, -0.15) is 11.8 Å². The summed E-state index contributed by atoms with van der Waals surface area (Å²) in [6.07, 6.45) is 2.54. The number of nitrogens with one attached hydrogen (secondary N) is 1. The van der Waals surface area contributed by atoms with Crippen molar-refractivity contribution in [3.05, 3.63) is 66.4 Å². The summed E-state index contributed by atoms with van der Waals surface area (Å²) in [4.78, 5) is 14.7. The van der Waals surface area contributed by atoms with E-state index in [1.807, 2.05) is 23.9 Å². The molecule has 0 atom stereocenters. The maximum Gasteiger partial charge on any atom is 0.222 e. The molecule has 1 aliphatic heterocycles. The highest BCUT2D eigenvalue weighted by Gasteiger charge is 2.11. The van der Waals surface area contributed by atoms with Crippen molar-refractivity contribution in [3.8, 4) is 0 Å². The lowest BCUT2D eigenvalue weighted by Crippen LogP contribution is -2.32. The van der Waals surface area contributed by atoms with Crippen LogP contribution in [0.25, 0.3) is 10.9 Å². The third-order valence-electron chi connectivity index (χ3n) is 5.06. The van der Waals surface area contributed by atoms with Crippen LogP contribution in [0.1, 0.15) is 12.0 Å². The molecule has 4 rings (SSSR count). The Hall–Kier alpha value is -2.40. The Morgan fingerprint density at radius 1 is 1.00 bits per heavy atom. The van der Waals surface area contributed by atoms with E-state index in [1.54, 1.807) is 0 Å². The molecule has 4 nitrogen and oxygen atoms in total. The first-order valence-electron chi connectivity index (χ1n) is 9.52. The SMILES string of the molecule is O=C(CCn1ccc2ccccc21)NCc1ccc(N2CCSCC2)cc1. The van der Waals surface area contributed by atoms with Crippen LogP contribution < -0.4 is 10.2 Å². The summed E-state index contributed by atoms with van der Waals surface area (Å²) in [5.74, 6) is 2.49. The first kappa shape index (κ1) is 18.0. The van der Waals surface area contributed by atoms with Gasteiger partial charge in [0.05, 0.1) is 0 Å². The predicted molar refractivity (Wildman–Crippen MR) is 114 cm³/mol. The normalized spacial score (nSPS) is 14.4. The minimum absolute atomic E-state index is 0.0879. The fraction of sp³-hybridized carbons (Fsp3) is 0.318. The van der Waals surface area contributed by atoms with Gasteiger partial charge < -0.3 is 14.8 Å². The van der Waals surface area contributed by atoms with E-state index in [0.29, 0.717) is 19.5 Å². The summed E-state index contributed by atoms with van der Waals surface area (Å²) in [5.41, 5.74) is 3.60. The zero-order chi connectivity index (χ0) is 18.5. The number of carbonyl (C=O) groups excluding carboxylic acids is 1. The zero-order valence-electron chi connectivity index (χ0n) is 15.4. The van der Waals surface area contributed by atoms with Crippen LogP contribution in [-0.2, 0) is 17.9 Å². The number of thioether (sulfide) groups is 1. The number of aromatic nitrogens is 1. The summed E-state index contributed by atoms with van der Waals surface area (Å²) < 4.78 is 2.14. The molecular formula is C22H25N3OS. The van der Waals surface area contributed by atoms with Crippen molar-refractivity contribution in [1.82, 2.24) is 9.88 Å². The highest BCUT2D eigenvalue weighted by atomic mass is 32.2. The van der Waals surface area contributed by atoms with E-state index < -0.39 is 0 Å². The number of hydrogen-bond donors (Lipinski definition) is 1. The molecule has 2 aromatic carbocycles. The third-order valence-corrected chi connectivity index (χ3v) is 6.00. The van der Waals surface area contributed by atoms with E-state index in [1.165, 1.54) is 28.1 Å². The Balaban J connectivity index is 1.26. The van der Waals surface area contributed by atoms with Gasteiger partial charge in [0.2, 0.25) is 5.91 Å². The van der Waals surface area contributed by atoms with Gasteiger partial charge in [-0.05, 0) is 35.2 Å². The molecule has 1 aromatic heterocycles. The van der Waals surface area contributed by atoms with Gasteiger partial charge in [-0.15, -0.1) is 0 Å². The molecule has 1 fully saturated rings. The van der Waals surface area contributed by atoms with Crippen molar-refractivity contribution in [1.29, 1.82) is 0 Å². The van der Waals surface area contributed by atoms with Crippen molar-refractivity contribution >= 4 is 34.3 Å². The van der Waals surface area contributed by atoms with Crippen molar-refractivity contribution in [3.63, 3.8) is 0 Å². The average molecular weight is 380 g/mol. The number of carbonyl (C=O) groups is 1. The molecular weight excluding hydrogens is 354 g/mol. The van der Waals surface area contributed by atoms with Crippen molar-refractivity contribution < 1.29 is 4.79 Å². The molecule has 2 heterocycles. The Kier molecular flexibility index (Phi) is 5.68. The molecule has 1 saturated heterocycles. The lowest BCUT2D eigenvalue weighted by Gasteiger charge is -2.28. The van der Waals surface area contributed by atoms with Gasteiger partial charge >= 0.3 is 0 Å². The van der Waals surface area contributed by atoms with Crippen molar-refractivity contribution in [2.75, 3.05) is 29.5 Å². The Labute approximate surface area is 164 Å². The number of benzene rings is 2. The van der Waals surface area contributed by atoms with Crippen LogP contribution in [0.15, 0.2) is 60.8 Å². The van der Waals surface area contributed by atoms with Gasteiger partial charge in [-0.3, -0.25) is 4.79 Å². The molecule has 0 spiro atoms. The maximum atomic E-state index is 12.2. The van der Waals surface area contributed by atoms with E-state index in [9.17, 15) is 4.79 Å². The van der Waals surface area contributed by atoms with Gasteiger partial charge in [0.1, 0.15) is 0 Å². The van der Waals surface area contributed by atoms with Crippen LogP contribution in [-0.4, -0.2) is 35.1 Å². The standard InChI is InChI=1S/C22H25N3OS/c26-22(10-12-25-11-9-19-3-1-2-4-21(19)25)23-17-18-5-7-20(8-6-18)24-13-15-27-16-14-24/h1-9,11H,10,12-17H2,(H,23,26). The fourth-order valence-electron chi connectivity index (χ4n) is 3.49. The maximum absolute atomic E-state index is 12.2. The van der Waals surface area contributed by atoms with Crippen molar-refractivity contribution in [2.45, 2.75) is 19.5 Å². The van der Waals surface area contributed by atoms with Crippen LogP contribution in [0.2, 0.25) is 0 Å². The van der Waals surface area contributed by atoms with Gasteiger partial charge in [0.15, 0.2) is 0 Å². The highest BCUT2D eigenvalue weighted by molar-refractivity contribution is 7.99. The molecule has 5 heteroatoms. The summed E-state index contributed by atoms with van der Waals surface area (Å²) in [5, 5.41) is 4.25. The van der Waals surface area contributed by atoms with Gasteiger partial charge in [0, 0.05) is 61.5 Å². The van der Waals surface area contributed by atoms with Crippen LogP contribution in [0.4, 0.5) is 5.69 Å². The van der Waals surface area contributed by atoms with Gasteiger partial charge in [0.25, 0.3) is 0 Å². The number of nitrogens with zero attached hydrogens (tertiary/aromatic N) is 2. The number of hydrogen-bond acceptors (Lipinski definition) is 3. The topological polar surface area (TPSA) is 37.3 Å². The van der Waals surface area contributed by atoms with E-state index in [-0.39, 0.29) is 5.91 Å². The minimum atomic E-state index is 0.0879. The smallest absolute Gasteiger partial charge is 0.222 e. The quantitative estimate of drug-likeness (QED) is 0.706. The lowest BCUT2D eigenvalue weighted by atomic mass is 10.2. The number of aryl methyl sites for hydroxylation is 1. The van der Waals surface area contributed by atoms with E-state index in [2.05, 4.69) is 63.4 Å². The Morgan fingerprint density at radius 2 is 1.78 bits per heavy atom. The number of fused-ring (bicyclic) bond motifs is 1. The van der Waals surface area contributed by atoms with E-state index in [4.69, 9.17) is 0 Å². The van der Waals surface area contributed by atoms with Crippen LogP contribution >= 0.6 is 11.8 Å². The largest absolute Gasteiger partial charge is 0.370 e. The second kappa shape index (κ2) is 8.53. The molecule has 0 radical (unpaired) electrons. The lowest BCUT2D eigenvalue weighted by molar-refractivity contribution is -0.121. The number of rotatable bonds is 6. The summed E-state index contributed by atoms with van der Waals surface area (Å²) in [6.45, 7) is 3.52. The molecule has 0 aliphatic carbocycles. The molecule has 140 valence electrons. The zero-order valence-corrected chi connectivity index (χ0v) is 16.3. The van der Waals surface area contributed by atoms with Crippen LogP contribution in [0.3, 0.4) is 0 Å². The molecule has 0 bridgehead atoms. The summed E-state index contributed by atoms with van der Waals surface area (Å²) in [7, 11) is 0. The first-order chi connectivity index (χ1) is 13.3. The van der Waals surface area contributed by atoms with E-state index in [0.717, 1.165) is 18.7 Å². The molecule has 0 saturated carbocycles. The number of para-hydroxylation sites is 1. The average Bonchev–Trinajstić information content (AvgIpc) is 3.15. The number of anilines is 1. The van der Waals surface area contributed by atoms with Gasteiger partial charge in [-0.25, -0.2) is 0 Å². The molecule has 0 unspecified atom stereocenters. The fourth-order valence-corrected chi connectivity index (χ4v) is 4.40. The molecule has 1 amide bonds. The molecule has 1 N–H and O–H groups in total. The predicted octanol–water partition coefficient (Wildman–Crippen LogP) is 3.90. The number of amides is 1. The van der Waals surface area contributed by atoms with E-state index >= 15 is 0 Å². The third kappa shape index (κ3) is 4.48. The van der Waals surface area contributed by atoms with Gasteiger partial charge in [-0.1, -0.05) is 30.3 Å². The molecule has 3 aromatic rings. The molecule has 27 heavy (non-hydrogen) atoms. The molecule has 1 aliphatic rings. The second-order valence-electron chi connectivity index (χ2n) is 6.86. The highest BCUT2D eigenvalue weighted by Crippen LogP contribution is 2.20. The second-order valence-corrected chi connectivity index (χ2v) is 8.09. The summed E-state index contributed by atoms with van der Waals surface area (Å²) >= 11 is 2.02.